The Morgan fingerprint density at radius 3 is 2.53 bits per heavy atom. The molecular formula is C14H20FN3O. The van der Waals surface area contributed by atoms with Crippen LogP contribution in [0.2, 0.25) is 0 Å². The second-order valence-corrected chi connectivity index (χ2v) is 4.98. The number of likely N-dealkylation sites (tertiary alicyclic amines) is 1. The Morgan fingerprint density at radius 1 is 1.26 bits per heavy atom. The van der Waals surface area contributed by atoms with Crippen molar-refractivity contribution in [2.75, 3.05) is 13.1 Å². The van der Waals surface area contributed by atoms with E-state index in [0.29, 0.717) is 17.7 Å². The molecule has 0 bridgehead atoms. The van der Waals surface area contributed by atoms with Gasteiger partial charge in [-0.05, 0) is 32.0 Å². The predicted octanol–water partition coefficient (Wildman–Crippen LogP) is 2.30. The number of benzene rings is 1. The second-order valence-electron chi connectivity index (χ2n) is 4.98. The minimum Gasteiger partial charge on any atom is -0.409 e. The van der Waals surface area contributed by atoms with E-state index in [2.05, 4.69) is 10.1 Å². The van der Waals surface area contributed by atoms with Crippen LogP contribution in [0.1, 0.15) is 36.8 Å². The van der Waals surface area contributed by atoms with E-state index < -0.39 is 0 Å². The van der Waals surface area contributed by atoms with Crippen molar-refractivity contribution in [3.8, 4) is 0 Å². The van der Waals surface area contributed by atoms with Crippen molar-refractivity contribution in [1.29, 1.82) is 0 Å². The van der Waals surface area contributed by atoms with Crippen LogP contribution in [-0.4, -0.2) is 29.0 Å². The van der Waals surface area contributed by atoms with Crippen LogP contribution in [0.25, 0.3) is 0 Å². The van der Waals surface area contributed by atoms with Gasteiger partial charge in [0.15, 0.2) is 5.84 Å². The lowest BCUT2D eigenvalue weighted by atomic mass is 10.1. The predicted molar refractivity (Wildman–Crippen MR) is 72.7 cm³/mol. The standard InChI is InChI=1S/C14H20FN3O/c15-13-9-11(14(16)17-19)5-6-12(13)10-18-7-3-1-2-4-8-18/h5-6,9,19H,1-4,7-8,10H2,(H2,16,17). The molecule has 0 spiro atoms. The molecule has 1 fully saturated rings. The molecule has 104 valence electrons. The first-order valence-electron chi connectivity index (χ1n) is 6.69. The third-order valence-electron chi connectivity index (χ3n) is 3.55. The van der Waals surface area contributed by atoms with Gasteiger partial charge in [-0.1, -0.05) is 30.1 Å². The van der Waals surface area contributed by atoms with E-state index in [1.807, 2.05) is 0 Å². The Morgan fingerprint density at radius 2 is 1.95 bits per heavy atom. The highest BCUT2D eigenvalue weighted by Crippen LogP contribution is 2.16. The van der Waals surface area contributed by atoms with Crippen molar-refractivity contribution in [3.63, 3.8) is 0 Å². The summed E-state index contributed by atoms with van der Waals surface area (Å²) in [4.78, 5) is 2.29. The zero-order chi connectivity index (χ0) is 13.7. The molecule has 0 aliphatic carbocycles. The Bertz CT molecular complexity index is 454. The molecule has 0 atom stereocenters. The molecule has 2 rings (SSSR count). The smallest absolute Gasteiger partial charge is 0.170 e. The maximum Gasteiger partial charge on any atom is 0.170 e. The topological polar surface area (TPSA) is 61.9 Å². The van der Waals surface area contributed by atoms with Gasteiger partial charge >= 0.3 is 0 Å². The highest BCUT2D eigenvalue weighted by atomic mass is 19.1. The molecule has 0 saturated carbocycles. The average Bonchev–Trinajstić information content (AvgIpc) is 2.68. The van der Waals surface area contributed by atoms with Gasteiger partial charge < -0.3 is 10.9 Å². The number of halogens is 1. The summed E-state index contributed by atoms with van der Waals surface area (Å²) in [6.45, 7) is 2.69. The summed E-state index contributed by atoms with van der Waals surface area (Å²) in [7, 11) is 0. The van der Waals surface area contributed by atoms with Gasteiger partial charge in [0.2, 0.25) is 0 Å². The Balaban J connectivity index is 2.08. The van der Waals surface area contributed by atoms with E-state index >= 15 is 0 Å². The van der Waals surface area contributed by atoms with Crippen molar-refractivity contribution >= 4 is 5.84 Å². The van der Waals surface area contributed by atoms with Gasteiger partial charge in [0.1, 0.15) is 5.82 Å². The maximum atomic E-state index is 14.0. The third kappa shape index (κ3) is 3.67. The fourth-order valence-corrected chi connectivity index (χ4v) is 2.43. The van der Waals surface area contributed by atoms with E-state index in [0.717, 1.165) is 13.1 Å². The maximum absolute atomic E-state index is 14.0. The molecule has 1 aliphatic heterocycles. The molecule has 0 radical (unpaired) electrons. The second kappa shape index (κ2) is 6.52. The summed E-state index contributed by atoms with van der Waals surface area (Å²) < 4.78 is 14.0. The molecule has 0 amide bonds. The Labute approximate surface area is 112 Å². The number of amidine groups is 1. The van der Waals surface area contributed by atoms with Gasteiger partial charge in [0.25, 0.3) is 0 Å². The molecule has 1 aliphatic rings. The minimum atomic E-state index is -0.298. The van der Waals surface area contributed by atoms with Gasteiger partial charge in [-0.25, -0.2) is 4.39 Å². The Hall–Kier alpha value is -1.62. The van der Waals surface area contributed by atoms with E-state index in [4.69, 9.17) is 10.9 Å². The van der Waals surface area contributed by atoms with Gasteiger partial charge in [-0.3, -0.25) is 4.90 Å². The lowest BCUT2D eigenvalue weighted by Gasteiger charge is -2.20. The zero-order valence-electron chi connectivity index (χ0n) is 11.0. The molecule has 1 heterocycles. The number of nitrogens with zero attached hydrogens (tertiary/aromatic N) is 2. The first-order chi connectivity index (χ1) is 9.20. The molecule has 3 N–H and O–H groups in total. The molecule has 1 saturated heterocycles. The number of nitrogens with two attached hydrogens (primary N) is 1. The highest BCUT2D eigenvalue weighted by molar-refractivity contribution is 5.97. The number of rotatable bonds is 3. The quantitative estimate of drug-likeness (QED) is 0.381. The van der Waals surface area contributed by atoms with Crippen LogP contribution in [0.5, 0.6) is 0 Å². The van der Waals surface area contributed by atoms with Gasteiger partial charge in [-0.15, -0.1) is 0 Å². The molecule has 0 unspecified atom stereocenters. The van der Waals surface area contributed by atoms with Crippen LogP contribution in [0, 0.1) is 5.82 Å². The third-order valence-corrected chi connectivity index (χ3v) is 3.55. The van der Waals surface area contributed by atoms with Crippen LogP contribution < -0.4 is 5.73 Å². The van der Waals surface area contributed by atoms with Crippen LogP contribution in [0.3, 0.4) is 0 Å². The summed E-state index contributed by atoms with van der Waals surface area (Å²) >= 11 is 0. The molecule has 0 aromatic heterocycles. The number of hydrogen-bond acceptors (Lipinski definition) is 3. The molecule has 1 aromatic carbocycles. The summed E-state index contributed by atoms with van der Waals surface area (Å²) in [5, 5.41) is 11.4. The van der Waals surface area contributed by atoms with E-state index in [1.165, 1.54) is 31.7 Å². The average molecular weight is 265 g/mol. The van der Waals surface area contributed by atoms with E-state index in [-0.39, 0.29) is 11.7 Å². The van der Waals surface area contributed by atoms with Crippen molar-refractivity contribution in [1.82, 2.24) is 4.90 Å². The SMILES string of the molecule is N/C(=N\O)c1ccc(CN2CCCCCC2)c(F)c1. The monoisotopic (exact) mass is 265 g/mol. The number of oxime groups is 1. The first-order valence-corrected chi connectivity index (χ1v) is 6.69. The molecule has 1 aromatic rings. The molecule has 19 heavy (non-hydrogen) atoms. The van der Waals surface area contributed by atoms with Crippen molar-refractivity contribution in [3.05, 3.63) is 35.1 Å². The van der Waals surface area contributed by atoms with Crippen LogP contribution in [0.4, 0.5) is 4.39 Å². The van der Waals surface area contributed by atoms with Crippen molar-refractivity contribution in [2.45, 2.75) is 32.2 Å². The summed E-state index contributed by atoms with van der Waals surface area (Å²) in [5.74, 6) is -0.367. The highest BCUT2D eigenvalue weighted by Gasteiger charge is 2.13. The summed E-state index contributed by atoms with van der Waals surface area (Å²) in [6.07, 6.45) is 4.90. The summed E-state index contributed by atoms with van der Waals surface area (Å²) in [6, 6.07) is 4.72. The Kier molecular flexibility index (Phi) is 4.74. The fourth-order valence-electron chi connectivity index (χ4n) is 2.43. The normalized spacial score (nSPS) is 18.3. The van der Waals surface area contributed by atoms with E-state index in [1.54, 1.807) is 12.1 Å². The van der Waals surface area contributed by atoms with Gasteiger partial charge in [-0.2, -0.15) is 0 Å². The van der Waals surface area contributed by atoms with Crippen LogP contribution in [0.15, 0.2) is 23.4 Å². The van der Waals surface area contributed by atoms with E-state index in [9.17, 15) is 4.39 Å². The zero-order valence-corrected chi connectivity index (χ0v) is 11.0. The lowest BCUT2D eigenvalue weighted by Crippen LogP contribution is -2.24. The van der Waals surface area contributed by atoms with Crippen LogP contribution in [-0.2, 0) is 6.54 Å². The largest absolute Gasteiger partial charge is 0.409 e. The van der Waals surface area contributed by atoms with Crippen molar-refractivity contribution < 1.29 is 9.60 Å². The van der Waals surface area contributed by atoms with Crippen molar-refractivity contribution in [2.24, 2.45) is 10.9 Å². The first kappa shape index (κ1) is 13.8. The fraction of sp³-hybridized carbons (Fsp3) is 0.500. The molecular weight excluding hydrogens is 245 g/mol. The van der Waals surface area contributed by atoms with Crippen LogP contribution >= 0.6 is 0 Å². The lowest BCUT2D eigenvalue weighted by molar-refractivity contribution is 0.273. The molecule has 5 heteroatoms. The molecule has 4 nitrogen and oxygen atoms in total. The summed E-state index contributed by atoms with van der Waals surface area (Å²) in [5.41, 5.74) is 6.51. The van der Waals surface area contributed by atoms with Gasteiger partial charge in [0, 0.05) is 17.7 Å². The van der Waals surface area contributed by atoms with Gasteiger partial charge in [0.05, 0.1) is 0 Å². The number of hydrogen-bond donors (Lipinski definition) is 2. The minimum absolute atomic E-state index is 0.0692.